The molecule has 0 spiro atoms. The van der Waals surface area contributed by atoms with Crippen molar-refractivity contribution >= 4 is 34.5 Å². The van der Waals surface area contributed by atoms with Crippen LogP contribution in [0, 0.1) is 24.0 Å². The average Bonchev–Trinajstić information content (AvgIpc) is 3.37. The van der Waals surface area contributed by atoms with E-state index in [1.807, 2.05) is 0 Å². The van der Waals surface area contributed by atoms with Crippen LogP contribution in [0.25, 0.3) is 11.3 Å². The zero-order valence-electron chi connectivity index (χ0n) is 15.3. The van der Waals surface area contributed by atoms with Crippen LogP contribution < -0.4 is 4.90 Å². The van der Waals surface area contributed by atoms with E-state index in [0.717, 1.165) is 11.0 Å². The highest BCUT2D eigenvalue weighted by Gasteiger charge is 2.41. The van der Waals surface area contributed by atoms with Crippen molar-refractivity contribution in [1.82, 2.24) is 0 Å². The third-order valence-corrected chi connectivity index (χ3v) is 4.76. The zero-order chi connectivity index (χ0) is 20.9. The Morgan fingerprint density at radius 3 is 2.24 bits per heavy atom. The van der Waals surface area contributed by atoms with Crippen LogP contribution in [0.3, 0.4) is 0 Å². The Morgan fingerprint density at radius 1 is 1.07 bits per heavy atom. The second-order valence-electron chi connectivity index (χ2n) is 6.41. The second kappa shape index (κ2) is 6.48. The topological polar surface area (TPSA) is 127 Å². The molecule has 1 aliphatic rings. The number of non-ortho nitro benzene ring substituents is 1. The SMILES string of the molecule is Cc1occc1C(=O)N1C(=O)/C(=C(\O)c2ccoc2C)c2ccc([N+](=O)[O-])cc21. The molecule has 0 saturated carbocycles. The smallest absolute Gasteiger partial charge is 0.271 e. The van der Waals surface area contributed by atoms with Crippen LogP contribution in [0.15, 0.2) is 51.7 Å². The van der Waals surface area contributed by atoms with Crippen LogP contribution >= 0.6 is 0 Å². The summed E-state index contributed by atoms with van der Waals surface area (Å²) < 4.78 is 10.3. The highest BCUT2D eigenvalue weighted by molar-refractivity contribution is 6.44. The molecule has 2 aromatic heterocycles. The Balaban J connectivity index is 1.96. The number of carbonyl (C=O) groups is 2. The van der Waals surface area contributed by atoms with Gasteiger partial charge in [-0.1, -0.05) is 0 Å². The number of benzene rings is 1. The lowest BCUT2D eigenvalue weighted by atomic mass is 10.0. The van der Waals surface area contributed by atoms with Gasteiger partial charge in [-0.15, -0.1) is 0 Å². The first kappa shape index (κ1) is 18.2. The number of aliphatic hydroxyl groups is 1. The van der Waals surface area contributed by atoms with Crippen molar-refractivity contribution in [3.63, 3.8) is 0 Å². The number of imide groups is 1. The molecule has 0 saturated heterocycles. The molecule has 9 nitrogen and oxygen atoms in total. The molecule has 3 heterocycles. The summed E-state index contributed by atoms with van der Waals surface area (Å²) in [5.41, 5.74) is 0.195. The molecule has 1 aliphatic heterocycles. The minimum Gasteiger partial charge on any atom is -0.506 e. The maximum absolute atomic E-state index is 13.2. The summed E-state index contributed by atoms with van der Waals surface area (Å²) in [5, 5.41) is 22.0. The van der Waals surface area contributed by atoms with Gasteiger partial charge in [-0.05, 0) is 32.0 Å². The van der Waals surface area contributed by atoms with Crippen molar-refractivity contribution < 1.29 is 28.5 Å². The fourth-order valence-electron chi connectivity index (χ4n) is 3.29. The van der Waals surface area contributed by atoms with Gasteiger partial charge in [0, 0.05) is 17.7 Å². The number of nitrogens with zero attached hydrogens (tertiary/aromatic N) is 2. The maximum Gasteiger partial charge on any atom is 0.271 e. The number of amides is 2. The molecule has 0 radical (unpaired) electrons. The molecule has 0 aliphatic carbocycles. The first-order valence-corrected chi connectivity index (χ1v) is 8.50. The number of nitro benzene ring substituents is 1. The highest BCUT2D eigenvalue weighted by atomic mass is 16.6. The minimum absolute atomic E-state index is 0.0116. The molecule has 0 bridgehead atoms. The fourth-order valence-corrected chi connectivity index (χ4v) is 3.29. The Morgan fingerprint density at radius 2 is 1.69 bits per heavy atom. The van der Waals surface area contributed by atoms with E-state index in [4.69, 9.17) is 8.83 Å². The molecule has 9 heteroatoms. The number of hydrogen-bond donors (Lipinski definition) is 1. The van der Waals surface area contributed by atoms with Crippen LogP contribution in [0.1, 0.15) is 33.0 Å². The lowest BCUT2D eigenvalue weighted by molar-refractivity contribution is -0.384. The number of furan rings is 2. The van der Waals surface area contributed by atoms with E-state index >= 15 is 0 Å². The van der Waals surface area contributed by atoms with Gasteiger partial charge in [0.2, 0.25) is 0 Å². The molecule has 2 amide bonds. The van der Waals surface area contributed by atoms with Gasteiger partial charge in [-0.2, -0.15) is 0 Å². The highest BCUT2D eigenvalue weighted by Crippen LogP contribution is 2.43. The van der Waals surface area contributed by atoms with Crippen molar-refractivity contribution in [3.05, 3.63) is 81.2 Å². The molecule has 1 N–H and O–H groups in total. The van der Waals surface area contributed by atoms with Crippen molar-refractivity contribution in [2.75, 3.05) is 4.90 Å². The van der Waals surface area contributed by atoms with Crippen molar-refractivity contribution in [2.24, 2.45) is 0 Å². The maximum atomic E-state index is 13.2. The summed E-state index contributed by atoms with van der Waals surface area (Å²) in [6.45, 7) is 3.17. The second-order valence-corrected chi connectivity index (χ2v) is 6.41. The number of nitro groups is 1. The van der Waals surface area contributed by atoms with E-state index < -0.39 is 16.7 Å². The number of aliphatic hydroxyl groups excluding tert-OH is 1. The Labute approximate surface area is 163 Å². The first-order valence-electron chi connectivity index (χ1n) is 8.50. The summed E-state index contributed by atoms with van der Waals surface area (Å²) >= 11 is 0. The third-order valence-electron chi connectivity index (χ3n) is 4.76. The van der Waals surface area contributed by atoms with E-state index in [9.17, 15) is 24.8 Å². The molecule has 0 atom stereocenters. The fraction of sp³-hybridized carbons (Fsp3) is 0.100. The zero-order valence-corrected chi connectivity index (χ0v) is 15.3. The molecular weight excluding hydrogens is 380 g/mol. The van der Waals surface area contributed by atoms with Crippen LogP contribution in [-0.4, -0.2) is 21.8 Å². The number of anilines is 1. The third kappa shape index (κ3) is 2.71. The number of fused-ring (bicyclic) bond motifs is 1. The molecule has 4 rings (SSSR count). The summed E-state index contributed by atoms with van der Waals surface area (Å²) in [4.78, 5) is 37.6. The Kier molecular flexibility index (Phi) is 4.08. The average molecular weight is 394 g/mol. The van der Waals surface area contributed by atoms with Gasteiger partial charge in [-0.25, -0.2) is 4.90 Å². The van der Waals surface area contributed by atoms with E-state index in [1.54, 1.807) is 13.8 Å². The van der Waals surface area contributed by atoms with Crippen molar-refractivity contribution in [1.29, 1.82) is 0 Å². The molecule has 29 heavy (non-hydrogen) atoms. The minimum atomic E-state index is -0.802. The summed E-state index contributed by atoms with van der Waals surface area (Å²) in [7, 11) is 0. The molecule has 0 fully saturated rings. The van der Waals surface area contributed by atoms with Gasteiger partial charge in [0.25, 0.3) is 17.5 Å². The lowest BCUT2D eigenvalue weighted by Gasteiger charge is -2.14. The summed E-state index contributed by atoms with van der Waals surface area (Å²) in [5.74, 6) is -1.22. The number of aryl methyl sites for hydroxylation is 2. The van der Waals surface area contributed by atoms with Crippen molar-refractivity contribution in [3.8, 4) is 0 Å². The predicted octanol–water partition coefficient (Wildman–Crippen LogP) is 4.01. The van der Waals surface area contributed by atoms with Crippen LogP contribution in [-0.2, 0) is 4.79 Å². The van der Waals surface area contributed by atoms with Gasteiger partial charge >= 0.3 is 0 Å². The van der Waals surface area contributed by atoms with Gasteiger partial charge in [-0.3, -0.25) is 19.7 Å². The quantitative estimate of drug-likeness (QED) is 0.234. The van der Waals surface area contributed by atoms with Crippen LogP contribution in [0.5, 0.6) is 0 Å². The summed E-state index contributed by atoms with van der Waals surface area (Å²) in [6.07, 6.45) is 2.66. The van der Waals surface area contributed by atoms with E-state index in [1.165, 1.54) is 36.8 Å². The van der Waals surface area contributed by atoms with Gasteiger partial charge in [0.05, 0.1) is 39.8 Å². The number of rotatable bonds is 3. The predicted molar refractivity (Wildman–Crippen MR) is 101 cm³/mol. The molecular formula is C20H14N2O7. The molecule has 0 unspecified atom stereocenters. The molecule has 3 aromatic rings. The Bertz CT molecular complexity index is 1220. The van der Waals surface area contributed by atoms with Gasteiger partial charge in [0.1, 0.15) is 17.3 Å². The molecule has 1 aromatic carbocycles. The molecule has 146 valence electrons. The number of carbonyl (C=O) groups excluding carboxylic acids is 2. The largest absolute Gasteiger partial charge is 0.506 e. The van der Waals surface area contributed by atoms with Gasteiger partial charge in [0.15, 0.2) is 0 Å². The van der Waals surface area contributed by atoms with E-state index in [0.29, 0.717) is 11.5 Å². The Hall–Kier alpha value is -4.14. The van der Waals surface area contributed by atoms with E-state index in [2.05, 4.69) is 0 Å². The normalized spacial score (nSPS) is 14.8. The summed E-state index contributed by atoms with van der Waals surface area (Å²) in [6, 6.07) is 6.56. The lowest BCUT2D eigenvalue weighted by Crippen LogP contribution is -2.33. The van der Waals surface area contributed by atoms with Crippen LogP contribution in [0.4, 0.5) is 11.4 Å². The van der Waals surface area contributed by atoms with Gasteiger partial charge < -0.3 is 13.9 Å². The number of hydrogen-bond acceptors (Lipinski definition) is 7. The monoisotopic (exact) mass is 394 g/mol. The van der Waals surface area contributed by atoms with Crippen LogP contribution in [0.2, 0.25) is 0 Å². The van der Waals surface area contributed by atoms with Crippen molar-refractivity contribution in [2.45, 2.75) is 13.8 Å². The standard InChI is InChI=1S/C20H14N2O7/c1-10-13(5-7-28-10)18(23)17-15-4-3-12(22(26)27)9-16(15)21(20(17)25)19(24)14-6-8-29-11(14)2/h3-9,23H,1-2H3/b18-17-. The first-order chi connectivity index (χ1) is 13.8. The van der Waals surface area contributed by atoms with E-state index in [-0.39, 0.29) is 39.4 Å².